The van der Waals surface area contributed by atoms with Crippen LogP contribution in [-0.4, -0.2) is 43.4 Å². The van der Waals surface area contributed by atoms with E-state index in [1.54, 1.807) is 24.3 Å². The summed E-state index contributed by atoms with van der Waals surface area (Å²) in [5, 5.41) is 21.8. The number of carboxylic acid groups (broad SMARTS) is 1. The largest absolute Gasteiger partial charge is 0.465 e. The Morgan fingerprint density at radius 3 is 2.42 bits per heavy atom. The SMILES string of the molecule is CC(C)CCc1cc(F)ccc1S(=O)(=O)NC[C@@H](O)[C@H](Cc1ccccc1)NC(=O)O. The van der Waals surface area contributed by atoms with Gasteiger partial charge in [0.05, 0.1) is 17.0 Å². The van der Waals surface area contributed by atoms with Crippen LogP contribution in [0.4, 0.5) is 9.18 Å². The summed E-state index contributed by atoms with van der Waals surface area (Å²) in [5.74, 6) is -0.208. The van der Waals surface area contributed by atoms with Crippen LogP contribution in [0.3, 0.4) is 0 Å². The van der Waals surface area contributed by atoms with Gasteiger partial charge in [0.25, 0.3) is 0 Å². The lowest BCUT2D eigenvalue weighted by Gasteiger charge is -2.23. The van der Waals surface area contributed by atoms with Crippen molar-refractivity contribution in [3.8, 4) is 0 Å². The van der Waals surface area contributed by atoms with E-state index in [2.05, 4.69) is 10.0 Å². The van der Waals surface area contributed by atoms with Crippen molar-refractivity contribution >= 4 is 16.1 Å². The molecule has 0 unspecified atom stereocenters. The summed E-state index contributed by atoms with van der Waals surface area (Å²) in [7, 11) is -4.04. The highest BCUT2D eigenvalue weighted by Gasteiger charge is 2.25. The van der Waals surface area contributed by atoms with Crippen molar-refractivity contribution in [3.05, 3.63) is 65.5 Å². The Morgan fingerprint density at radius 1 is 1.13 bits per heavy atom. The van der Waals surface area contributed by atoms with Crippen LogP contribution < -0.4 is 10.0 Å². The molecule has 170 valence electrons. The first kappa shape index (κ1) is 24.8. The number of aryl methyl sites for hydroxylation is 1. The molecular weight excluding hydrogens is 423 g/mol. The number of hydrogen-bond acceptors (Lipinski definition) is 4. The number of rotatable bonds is 11. The number of aliphatic hydroxyl groups is 1. The minimum Gasteiger partial charge on any atom is -0.465 e. The standard InChI is InChI=1S/C22H29FN2O5S/c1-15(2)8-9-17-13-18(23)10-11-21(17)31(29,30)24-14-20(26)19(25-22(27)28)12-16-6-4-3-5-7-16/h3-7,10-11,13,15,19-20,24-26H,8-9,12,14H2,1-2H3,(H,27,28)/t19-,20+/m0/s1. The molecule has 0 radical (unpaired) electrons. The minimum atomic E-state index is -4.04. The molecule has 0 fully saturated rings. The summed E-state index contributed by atoms with van der Waals surface area (Å²) in [6.45, 7) is 3.58. The molecule has 2 aromatic carbocycles. The summed E-state index contributed by atoms with van der Waals surface area (Å²) in [6, 6.07) is 11.5. The summed E-state index contributed by atoms with van der Waals surface area (Å²) in [5.41, 5.74) is 1.15. The first-order valence-corrected chi connectivity index (χ1v) is 11.6. The Morgan fingerprint density at radius 2 is 1.81 bits per heavy atom. The number of halogens is 1. The highest BCUT2D eigenvalue weighted by Crippen LogP contribution is 2.20. The Kier molecular flexibility index (Phi) is 8.97. The van der Waals surface area contributed by atoms with E-state index >= 15 is 0 Å². The monoisotopic (exact) mass is 452 g/mol. The van der Waals surface area contributed by atoms with Crippen LogP contribution in [0.2, 0.25) is 0 Å². The zero-order valence-electron chi connectivity index (χ0n) is 17.6. The van der Waals surface area contributed by atoms with Crippen molar-refractivity contribution in [2.75, 3.05) is 6.54 Å². The average Bonchev–Trinajstić information content (AvgIpc) is 2.70. The number of amides is 1. The fourth-order valence-electron chi connectivity index (χ4n) is 3.17. The molecule has 0 aliphatic carbocycles. The molecule has 0 saturated carbocycles. The van der Waals surface area contributed by atoms with Gasteiger partial charge in [-0.3, -0.25) is 0 Å². The van der Waals surface area contributed by atoms with Crippen molar-refractivity contribution in [2.45, 2.75) is 50.2 Å². The molecule has 2 atom stereocenters. The third-order valence-corrected chi connectivity index (χ3v) is 6.38. The first-order valence-electron chi connectivity index (χ1n) is 10.1. The van der Waals surface area contributed by atoms with E-state index in [0.29, 0.717) is 24.3 Å². The van der Waals surface area contributed by atoms with E-state index in [1.165, 1.54) is 12.1 Å². The molecule has 0 aliphatic rings. The molecule has 7 nitrogen and oxygen atoms in total. The normalized spacial score (nSPS) is 13.7. The minimum absolute atomic E-state index is 0.0486. The van der Waals surface area contributed by atoms with Crippen LogP contribution >= 0.6 is 0 Å². The molecule has 0 heterocycles. The van der Waals surface area contributed by atoms with Crippen molar-refractivity contribution < 1.29 is 27.8 Å². The van der Waals surface area contributed by atoms with Gasteiger partial charge in [0, 0.05) is 6.54 Å². The quantitative estimate of drug-likeness (QED) is 0.418. The lowest BCUT2D eigenvalue weighted by molar-refractivity contribution is 0.122. The molecule has 0 saturated heterocycles. The van der Waals surface area contributed by atoms with E-state index in [0.717, 1.165) is 11.6 Å². The van der Waals surface area contributed by atoms with Gasteiger partial charge in [-0.1, -0.05) is 44.2 Å². The zero-order valence-corrected chi connectivity index (χ0v) is 18.4. The molecule has 0 spiro atoms. The molecule has 0 aliphatic heterocycles. The molecule has 0 aromatic heterocycles. The summed E-state index contributed by atoms with van der Waals surface area (Å²) < 4.78 is 41.7. The van der Waals surface area contributed by atoms with Gasteiger partial charge < -0.3 is 15.5 Å². The molecule has 4 N–H and O–H groups in total. The van der Waals surface area contributed by atoms with Crippen LogP contribution in [0.25, 0.3) is 0 Å². The molecule has 1 amide bonds. The van der Waals surface area contributed by atoms with Crippen molar-refractivity contribution in [3.63, 3.8) is 0 Å². The number of hydrogen-bond donors (Lipinski definition) is 4. The molecule has 2 aromatic rings. The molecule has 2 rings (SSSR count). The van der Waals surface area contributed by atoms with E-state index < -0.39 is 40.6 Å². The van der Waals surface area contributed by atoms with Gasteiger partial charge in [-0.2, -0.15) is 0 Å². The second-order valence-electron chi connectivity index (χ2n) is 7.85. The van der Waals surface area contributed by atoms with Gasteiger partial charge in [-0.05, 0) is 54.5 Å². The van der Waals surface area contributed by atoms with Gasteiger partial charge in [0.15, 0.2) is 0 Å². The fourth-order valence-corrected chi connectivity index (χ4v) is 4.47. The molecule has 0 bridgehead atoms. The van der Waals surface area contributed by atoms with Crippen molar-refractivity contribution in [1.82, 2.24) is 10.0 Å². The van der Waals surface area contributed by atoms with E-state index in [4.69, 9.17) is 5.11 Å². The van der Waals surface area contributed by atoms with Crippen molar-refractivity contribution in [2.24, 2.45) is 5.92 Å². The second kappa shape index (κ2) is 11.2. The van der Waals surface area contributed by atoms with Gasteiger partial charge in [0.1, 0.15) is 5.82 Å². The van der Waals surface area contributed by atoms with E-state index in [9.17, 15) is 22.7 Å². The zero-order chi connectivity index (χ0) is 23.0. The number of benzene rings is 2. The average molecular weight is 453 g/mol. The van der Waals surface area contributed by atoms with Crippen LogP contribution in [0.15, 0.2) is 53.4 Å². The highest BCUT2D eigenvalue weighted by atomic mass is 32.2. The maximum atomic E-state index is 13.7. The third kappa shape index (κ3) is 7.93. The number of aliphatic hydroxyl groups excluding tert-OH is 1. The lowest BCUT2D eigenvalue weighted by Crippen LogP contribution is -2.49. The topological polar surface area (TPSA) is 116 Å². The van der Waals surface area contributed by atoms with Crippen LogP contribution in [0, 0.1) is 11.7 Å². The van der Waals surface area contributed by atoms with Gasteiger partial charge in [0.2, 0.25) is 10.0 Å². The smallest absolute Gasteiger partial charge is 0.404 e. The Balaban J connectivity index is 2.14. The third-order valence-electron chi connectivity index (χ3n) is 4.86. The Bertz CT molecular complexity index is 967. The number of nitrogens with one attached hydrogen (secondary N) is 2. The van der Waals surface area contributed by atoms with Crippen LogP contribution in [-0.2, 0) is 22.9 Å². The number of sulfonamides is 1. The highest BCUT2D eigenvalue weighted by molar-refractivity contribution is 7.89. The van der Waals surface area contributed by atoms with Gasteiger partial charge >= 0.3 is 6.09 Å². The maximum absolute atomic E-state index is 13.7. The van der Waals surface area contributed by atoms with E-state index in [-0.39, 0.29) is 11.3 Å². The summed E-state index contributed by atoms with van der Waals surface area (Å²) in [4.78, 5) is 11.1. The summed E-state index contributed by atoms with van der Waals surface area (Å²) >= 11 is 0. The predicted molar refractivity (Wildman–Crippen MR) is 116 cm³/mol. The van der Waals surface area contributed by atoms with Crippen molar-refractivity contribution in [1.29, 1.82) is 0 Å². The molecular formula is C22H29FN2O5S. The van der Waals surface area contributed by atoms with Crippen LogP contribution in [0.1, 0.15) is 31.4 Å². The van der Waals surface area contributed by atoms with Gasteiger partial charge in [-0.25, -0.2) is 22.3 Å². The van der Waals surface area contributed by atoms with E-state index in [1.807, 2.05) is 19.9 Å². The predicted octanol–water partition coefficient (Wildman–Crippen LogP) is 2.93. The fraction of sp³-hybridized carbons (Fsp3) is 0.409. The van der Waals surface area contributed by atoms with Gasteiger partial charge in [-0.15, -0.1) is 0 Å². The first-order chi connectivity index (χ1) is 14.6. The second-order valence-corrected chi connectivity index (χ2v) is 9.58. The molecule has 9 heteroatoms. The molecule has 31 heavy (non-hydrogen) atoms. The summed E-state index contributed by atoms with van der Waals surface area (Å²) in [6.07, 6.45) is -1.36. The Labute approximate surface area is 182 Å². The van der Waals surface area contributed by atoms with Crippen LogP contribution in [0.5, 0.6) is 0 Å². The maximum Gasteiger partial charge on any atom is 0.404 e. The Hall–Kier alpha value is -2.49. The lowest BCUT2D eigenvalue weighted by atomic mass is 10.0. The number of carbonyl (C=O) groups is 1.